The predicted octanol–water partition coefficient (Wildman–Crippen LogP) is 4.54. The number of aromatic nitrogens is 6. The second-order valence-corrected chi connectivity index (χ2v) is 7.42. The van der Waals surface area contributed by atoms with Crippen molar-refractivity contribution < 1.29 is 8.91 Å². The number of hydrogen-bond donors (Lipinski definition) is 0. The standard InChI is InChI=1S/C20H19FN6OS/c1-3-10-27-18(14-6-8-22-9-7-14)24-25-20(27)29-12-17-23-19(28-26-17)15-11-13(2)4-5-16(15)21/h4-9,11H,3,10,12H2,1-2H3. The zero-order valence-corrected chi connectivity index (χ0v) is 16.9. The highest BCUT2D eigenvalue weighted by atomic mass is 32.2. The second-order valence-electron chi connectivity index (χ2n) is 6.48. The van der Waals surface area contributed by atoms with Gasteiger partial charge in [-0.2, -0.15) is 4.98 Å². The van der Waals surface area contributed by atoms with Gasteiger partial charge >= 0.3 is 0 Å². The molecule has 0 saturated carbocycles. The Morgan fingerprint density at radius 1 is 1.14 bits per heavy atom. The van der Waals surface area contributed by atoms with Gasteiger partial charge in [-0.05, 0) is 37.6 Å². The summed E-state index contributed by atoms with van der Waals surface area (Å²) in [6, 6.07) is 8.61. The van der Waals surface area contributed by atoms with E-state index >= 15 is 0 Å². The second kappa shape index (κ2) is 8.52. The van der Waals surface area contributed by atoms with Crippen molar-refractivity contribution in [3.05, 3.63) is 59.9 Å². The maximum absolute atomic E-state index is 14.1. The Labute approximate surface area is 171 Å². The third-order valence-electron chi connectivity index (χ3n) is 4.25. The van der Waals surface area contributed by atoms with Gasteiger partial charge in [0.25, 0.3) is 5.89 Å². The summed E-state index contributed by atoms with van der Waals surface area (Å²) in [5.74, 6) is 1.50. The molecule has 3 heterocycles. The van der Waals surface area contributed by atoms with Crippen LogP contribution < -0.4 is 0 Å². The molecule has 9 heteroatoms. The molecule has 0 N–H and O–H groups in total. The lowest BCUT2D eigenvalue weighted by Gasteiger charge is -2.07. The molecule has 0 radical (unpaired) electrons. The first kappa shape index (κ1) is 19.3. The van der Waals surface area contributed by atoms with Crippen LogP contribution in [0.1, 0.15) is 24.7 Å². The van der Waals surface area contributed by atoms with Crippen molar-refractivity contribution in [3.8, 4) is 22.8 Å². The van der Waals surface area contributed by atoms with Gasteiger partial charge in [0.2, 0.25) is 0 Å². The van der Waals surface area contributed by atoms with Crippen molar-refractivity contribution in [1.29, 1.82) is 0 Å². The Kier molecular flexibility index (Phi) is 5.66. The molecule has 0 unspecified atom stereocenters. The van der Waals surface area contributed by atoms with Crippen LogP contribution in [0.5, 0.6) is 0 Å². The van der Waals surface area contributed by atoms with Crippen LogP contribution in [0.4, 0.5) is 4.39 Å². The monoisotopic (exact) mass is 410 g/mol. The van der Waals surface area contributed by atoms with Crippen molar-refractivity contribution in [1.82, 2.24) is 29.9 Å². The number of thioether (sulfide) groups is 1. The molecule has 1 aromatic carbocycles. The maximum Gasteiger partial charge on any atom is 0.260 e. The molecule has 0 bridgehead atoms. The zero-order valence-electron chi connectivity index (χ0n) is 16.0. The Balaban J connectivity index is 1.53. The van der Waals surface area contributed by atoms with Gasteiger partial charge in [-0.1, -0.05) is 35.5 Å². The number of pyridine rings is 1. The molecule has 7 nitrogen and oxygen atoms in total. The minimum atomic E-state index is -0.386. The summed E-state index contributed by atoms with van der Waals surface area (Å²) in [6.07, 6.45) is 4.42. The van der Waals surface area contributed by atoms with Crippen LogP contribution >= 0.6 is 11.8 Å². The summed E-state index contributed by atoms with van der Waals surface area (Å²) in [4.78, 5) is 8.39. The Hall–Kier alpha value is -3.07. The van der Waals surface area contributed by atoms with Gasteiger partial charge in [0.05, 0.1) is 11.3 Å². The topological polar surface area (TPSA) is 82.5 Å². The lowest BCUT2D eigenvalue weighted by Crippen LogP contribution is -2.02. The van der Waals surface area contributed by atoms with E-state index in [-0.39, 0.29) is 11.7 Å². The van der Waals surface area contributed by atoms with Gasteiger partial charge in [0.1, 0.15) is 5.82 Å². The lowest BCUT2D eigenvalue weighted by atomic mass is 10.1. The van der Waals surface area contributed by atoms with Gasteiger partial charge in [0.15, 0.2) is 16.8 Å². The van der Waals surface area contributed by atoms with Crippen LogP contribution in [0, 0.1) is 12.7 Å². The van der Waals surface area contributed by atoms with E-state index in [2.05, 4.69) is 36.8 Å². The molecular weight excluding hydrogens is 391 g/mol. The highest BCUT2D eigenvalue weighted by Gasteiger charge is 2.17. The Bertz CT molecular complexity index is 1110. The van der Waals surface area contributed by atoms with E-state index in [0.717, 1.165) is 35.1 Å². The molecule has 0 aliphatic heterocycles. The van der Waals surface area contributed by atoms with Crippen LogP contribution in [0.25, 0.3) is 22.8 Å². The predicted molar refractivity (Wildman–Crippen MR) is 108 cm³/mol. The largest absolute Gasteiger partial charge is 0.334 e. The summed E-state index contributed by atoms with van der Waals surface area (Å²) in [7, 11) is 0. The fourth-order valence-corrected chi connectivity index (χ4v) is 3.70. The first-order valence-corrected chi connectivity index (χ1v) is 10.2. The minimum absolute atomic E-state index is 0.175. The third-order valence-corrected chi connectivity index (χ3v) is 5.22. The van der Waals surface area contributed by atoms with Crippen molar-refractivity contribution >= 4 is 11.8 Å². The molecule has 4 aromatic rings. The molecule has 0 aliphatic carbocycles. The third kappa shape index (κ3) is 4.19. The van der Waals surface area contributed by atoms with Crippen molar-refractivity contribution in [2.24, 2.45) is 0 Å². The zero-order chi connectivity index (χ0) is 20.2. The van der Waals surface area contributed by atoms with E-state index in [4.69, 9.17) is 4.52 Å². The quantitative estimate of drug-likeness (QED) is 0.414. The molecule has 0 saturated heterocycles. The highest BCUT2D eigenvalue weighted by Crippen LogP contribution is 2.27. The Morgan fingerprint density at radius 2 is 1.97 bits per heavy atom. The first-order valence-electron chi connectivity index (χ1n) is 9.21. The lowest BCUT2D eigenvalue weighted by molar-refractivity contribution is 0.422. The molecule has 0 spiro atoms. The summed E-state index contributed by atoms with van der Waals surface area (Å²) in [6.45, 7) is 4.78. The maximum atomic E-state index is 14.1. The number of rotatable bonds is 7. The van der Waals surface area contributed by atoms with E-state index in [0.29, 0.717) is 17.1 Å². The average Bonchev–Trinajstić information content (AvgIpc) is 3.36. The molecule has 4 rings (SSSR count). The number of hydrogen-bond acceptors (Lipinski definition) is 7. The molecule has 0 atom stereocenters. The van der Waals surface area contributed by atoms with E-state index in [9.17, 15) is 4.39 Å². The minimum Gasteiger partial charge on any atom is -0.334 e. The van der Waals surface area contributed by atoms with E-state index < -0.39 is 0 Å². The van der Waals surface area contributed by atoms with Gasteiger partial charge in [-0.25, -0.2) is 4.39 Å². The van der Waals surface area contributed by atoms with Gasteiger partial charge < -0.3 is 9.09 Å². The number of halogens is 1. The summed E-state index contributed by atoms with van der Waals surface area (Å²) < 4.78 is 21.4. The number of nitrogens with zero attached hydrogens (tertiary/aromatic N) is 6. The molecule has 3 aromatic heterocycles. The smallest absolute Gasteiger partial charge is 0.260 e. The number of aryl methyl sites for hydroxylation is 1. The number of benzene rings is 1. The van der Waals surface area contributed by atoms with Crippen LogP contribution in [0.3, 0.4) is 0 Å². The van der Waals surface area contributed by atoms with Gasteiger partial charge in [-0.3, -0.25) is 4.98 Å². The molecule has 0 amide bonds. The van der Waals surface area contributed by atoms with E-state index in [1.807, 2.05) is 19.1 Å². The van der Waals surface area contributed by atoms with Crippen molar-refractivity contribution in [3.63, 3.8) is 0 Å². The Morgan fingerprint density at radius 3 is 2.76 bits per heavy atom. The van der Waals surface area contributed by atoms with E-state index in [1.165, 1.54) is 17.8 Å². The van der Waals surface area contributed by atoms with Crippen molar-refractivity contribution in [2.45, 2.75) is 37.7 Å². The molecule has 0 fully saturated rings. The van der Waals surface area contributed by atoms with Crippen LogP contribution in [0.2, 0.25) is 0 Å². The van der Waals surface area contributed by atoms with Crippen molar-refractivity contribution in [2.75, 3.05) is 0 Å². The summed E-state index contributed by atoms with van der Waals surface area (Å²) >= 11 is 1.47. The van der Waals surface area contributed by atoms with Crippen LogP contribution in [-0.2, 0) is 12.3 Å². The fourth-order valence-electron chi connectivity index (χ4n) is 2.89. The van der Waals surface area contributed by atoms with Crippen LogP contribution in [0.15, 0.2) is 52.4 Å². The van der Waals surface area contributed by atoms with E-state index in [1.54, 1.807) is 24.5 Å². The first-order chi connectivity index (χ1) is 14.2. The fraction of sp³-hybridized carbons (Fsp3) is 0.250. The molecule has 0 aliphatic rings. The van der Waals surface area contributed by atoms with Gasteiger partial charge in [-0.15, -0.1) is 10.2 Å². The summed E-state index contributed by atoms with van der Waals surface area (Å²) in [5.41, 5.74) is 2.19. The van der Waals surface area contributed by atoms with Crippen LogP contribution in [-0.4, -0.2) is 29.9 Å². The van der Waals surface area contributed by atoms with Gasteiger partial charge in [0, 0.05) is 24.5 Å². The molecule has 29 heavy (non-hydrogen) atoms. The average molecular weight is 410 g/mol. The SMILES string of the molecule is CCCn1c(SCc2noc(-c3cc(C)ccc3F)n2)nnc1-c1ccncc1. The molecule has 148 valence electrons. The summed E-state index contributed by atoms with van der Waals surface area (Å²) in [5, 5.41) is 13.4. The molecular formula is C20H19FN6OS. The highest BCUT2D eigenvalue weighted by molar-refractivity contribution is 7.98. The normalized spacial score (nSPS) is 11.1.